The van der Waals surface area contributed by atoms with E-state index in [4.69, 9.17) is 0 Å². The third-order valence-electron chi connectivity index (χ3n) is 4.27. The minimum Gasteiger partial charge on any atom is -0.391 e. The standard InChI is InChI=1S/C13H24N2O4S/c1-2-20(18,19)15-8-5-11(6-9-15)13(17)14-7-3-4-12(16)10-14/h11-12,16H,2-10H2,1H3. The molecular formula is C13H24N2O4S. The second kappa shape index (κ2) is 6.41. The Balaban J connectivity index is 1.89. The van der Waals surface area contributed by atoms with Gasteiger partial charge in [-0.2, -0.15) is 0 Å². The van der Waals surface area contributed by atoms with Crippen molar-refractivity contribution in [1.29, 1.82) is 0 Å². The van der Waals surface area contributed by atoms with Crippen molar-refractivity contribution in [3.8, 4) is 0 Å². The molecular weight excluding hydrogens is 280 g/mol. The van der Waals surface area contributed by atoms with E-state index in [0.717, 1.165) is 12.8 Å². The SMILES string of the molecule is CCS(=O)(=O)N1CCC(C(=O)N2CCCC(O)C2)CC1. The predicted molar refractivity (Wildman–Crippen MR) is 75.6 cm³/mol. The lowest BCUT2D eigenvalue weighted by atomic mass is 9.95. The van der Waals surface area contributed by atoms with E-state index in [0.29, 0.717) is 39.0 Å². The molecule has 0 spiro atoms. The summed E-state index contributed by atoms with van der Waals surface area (Å²) >= 11 is 0. The molecule has 20 heavy (non-hydrogen) atoms. The van der Waals surface area contributed by atoms with Gasteiger partial charge in [-0.15, -0.1) is 0 Å². The summed E-state index contributed by atoms with van der Waals surface area (Å²) in [6.45, 7) is 3.64. The molecule has 2 aliphatic heterocycles. The van der Waals surface area contributed by atoms with Crippen LogP contribution < -0.4 is 0 Å². The maximum atomic E-state index is 12.4. The Morgan fingerprint density at radius 2 is 1.85 bits per heavy atom. The fourth-order valence-corrected chi connectivity index (χ4v) is 4.11. The van der Waals surface area contributed by atoms with Crippen LogP contribution in [0.15, 0.2) is 0 Å². The van der Waals surface area contributed by atoms with Gasteiger partial charge in [0.15, 0.2) is 0 Å². The van der Waals surface area contributed by atoms with Crippen molar-refractivity contribution in [2.45, 2.75) is 38.7 Å². The molecule has 0 radical (unpaired) electrons. The van der Waals surface area contributed by atoms with Crippen molar-refractivity contribution in [2.24, 2.45) is 5.92 Å². The van der Waals surface area contributed by atoms with Gasteiger partial charge in [-0.25, -0.2) is 12.7 Å². The Morgan fingerprint density at radius 1 is 1.20 bits per heavy atom. The second-order valence-corrected chi connectivity index (χ2v) is 7.91. The molecule has 1 unspecified atom stereocenters. The highest BCUT2D eigenvalue weighted by Gasteiger charge is 2.33. The third-order valence-corrected chi connectivity index (χ3v) is 6.15. The molecule has 2 fully saturated rings. The summed E-state index contributed by atoms with van der Waals surface area (Å²) < 4.78 is 25.0. The lowest BCUT2D eigenvalue weighted by Gasteiger charge is -2.36. The Kier molecular flexibility index (Phi) is 5.04. The molecule has 0 saturated carbocycles. The summed E-state index contributed by atoms with van der Waals surface area (Å²) in [5.74, 6) is 0.102. The van der Waals surface area contributed by atoms with Gasteiger partial charge < -0.3 is 10.0 Å². The third kappa shape index (κ3) is 3.51. The highest BCUT2D eigenvalue weighted by molar-refractivity contribution is 7.89. The lowest BCUT2D eigenvalue weighted by Crippen LogP contribution is -2.48. The molecule has 2 saturated heterocycles. The van der Waals surface area contributed by atoms with Crippen LogP contribution >= 0.6 is 0 Å². The first-order chi connectivity index (χ1) is 9.44. The number of amides is 1. The fraction of sp³-hybridized carbons (Fsp3) is 0.923. The number of hydrogen-bond acceptors (Lipinski definition) is 4. The molecule has 0 aromatic heterocycles. The Hall–Kier alpha value is -0.660. The number of β-amino-alcohol motifs (C(OH)–C–C–N with tert-alkyl or cyclic N) is 1. The van der Waals surface area contributed by atoms with Crippen LogP contribution in [0, 0.1) is 5.92 Å². The molecule has 1 atom stereocenters. The zero-order valence-electron chi connectivity index (χ0n) is 12.0. The van der Waals surface area contributed by atoms with E-state index < -0.39 is 16.1 Å². The second-order valence-electron chi connectivity index (χ2n) is 5.65. The summed E-state index contributed by atoms with van der Waals surface area (Å²) in [5.41, 5.74) is 0. The summed E-state index contributed by atoms with van der Waals surface area (Å²) in [6, 6.07) is 0. The molecule has 2 rings (SSSR count). The predicted octanol–water partition coefficient (Wildman–Crippen LogP) is 0.0314. The van der Waals surface area contributed by atoms with Gasteiger partial charge >= 0.3 is 0 Å². The monoisotopic (exact) mass is 304 g/mol. The molecule has 2 aliphatic rings. The van der Waals surface area contributed by atoms with Crippen molar-refractivity contribution in [1.82, 2.24) is 9.21 Å². The molecule has 6 nitrogen and oxygen atoms in total. The van der Waals surface area contributed by atoms with Crippen molar-refractivity contribution in [2.75, 3.05) is 31.9 Å². The first-order valence-electron chi connectivity index (χ1n) is 7.38. The average molecular weight is 304 g/mol. The van der Waals surface area contributed by atoms with E-state index in [9.17, 15) is 18.3 Å². The molecule has 1 amide bonds. The van der Waals surface area contributed by atoms with Crippen molar-refractivity contribution >= 4 is 15.9 Å². The average Bonchev–Trinajstić information content (AvgIpc) is 2.46. The van der Waals surface area contributed by atoms with Gasteiger partial charge in [0, 0.05) is 32.1 Å². The van der Waals surface area contributed by atoms with E-state index in [2.05, 4.69) is 0 Å². The number of sulfonamides is 1. The zero-order chi connectivity index (χ0) is 14.8. The topological polar surface area (TPSA) is 77.9 Å². The van der Waals surface area contributed by atoms with Crippen molar-refractivity contribution < 1.29 is 18.3 Å². The van der Waals surface area contributed by atoms with Gasteiger partial charge in [-0.1, -0.05) is 0 Å². The zero-order valence-corrected chi connectivity index (χ0v) is 12.8. The molecule has 2 heterocycles. The first kappa shape index (κ1) is 15.7. The van der Waals surface area contributed by atoms with Crippen LogP contribution in [0.4, 0.5) is 0 Å². The van der Waals surface area contributed by atoms with Gasteiger partial charge in [0.25, 0.3) is 0 Å². The van der Waals surface area contributed by atoms with E-state index in [1.54, 1.807) is 11.8 Å². The molecule has 0 aliphatic carbocycles. The number of piperidine rings is 2. The Morgan fingerprint density at radius 3 is 2.40 bits per heavy atom. The van der Waals surface area contributed by atoms with Gasteiger partial charge in [-0.05, 0) is 32.6 Å². The van der Waals surface area contributed by atoms with E-state index in [1.807, 2.05) is 0 Å². The minimum absolute atomic E-state index is 0.0808. The molecule has 116 valence electrons. The number of likely N-dealkylation sites (tertiary alicyclic amines) is 1. The van der Waals surface area contributed by atoms with Gasteiger partial charge in [-0.3, -0.25) is 4.79 Å². The number of carbonyl (C=O) groups is 1. The highest BCUT2D eigenvalue weighted by atomic mass is 32.2. The number of rotatable bonds is 3. The van der Waals surface area contributed by atoms with E-state index in [1.165, 1.54) is 4.31 Å². The van der Waals surface area contributed by atoms with Gasteiger partial charge in [0.05, 0.1) is 11.9 Å². The van der Waals surface area contributed by atoms with Gasteiger partial charge in [0.2, 0.25) is 15.9 Å². The smallest absolute Gasteiger partial charge is 0.225 e. The highest BCUT2D eigenvalue weighted by Crippen LogP contribution is 2.23. The number of aliphatic hydroxyl groups is 1. The number of nitrogens with zero attached hydrogens (tertiary/aromatic N) is 2. The minimum atomic E-state index is -3.14. The van der Waals surface area contributed by atoms with Crippen LogP contribution in [0.25, 0.3) is 0 Å². The quantitative estimate of drug-likeness (QED) is 0.798. The van der Waals surface area contributed by atoms with Crippen LogP contribution in [-0.2, 0) is 14.8 Å². The molecule has 0 bridgehead atoms. The fourth-order valence-electron chi connectivity index (χ4n) is 2.98. The first-order valence-corrected chi connectivity index (χ1v) is 8.99. The van der Waals surface area contributed by atoms with Crippen LogP contribution in [0.3, 0.4) is 0 Å². The van der Waals surface area contributed by atoms with Crippen LogP contribution in [0.1, 0.15) is 32.6 Å². The molecule has 0 aromatic carbocycles. The van der Waals surface area contributed by atoms with Gasteiger partial charge in [0.1, 0.15) is 0 Å². The Bertz CT molecular complexity index is 443. The maximum absolute atomic E-state index is 12.4. The van der Waals surface area contributed by atoms with Crippen LogP contribution in [-0.4, -0.2) is 66.7 Å². The summed E-state index contributed by atoms with van der Waals surface area (Å²) in [6.07, 6.45) is 2.37. The molecule has 0 aromatic rings. The molecule has 7 heteroatoms. The summed E-state index contributed by atoms with van der Waals surface area (Å²) in [7, 11) is -3.14. The van der Waals surface area contributed by atoms with E-state index >= 15 is 0 Å². The van der Waals surface area contributed by atoms with Crippen molar-refractivity contribution in [3.63, 3.8) is 0 Å². The molecule has 1 N–H and O–H groups in total. The largest absolute Gasteiger partial charge is 0.391 e. The normalized spacial score (nSPS) is 26.7. The Labute approximate surface area is 120 Å². The number of aliphatic hydroxyl groups excluding tert-OH is 1. The summed E-state index contributed by atoms with van der Waals surface area (Å²) in [4.78, 5) is 14.1. The van der Waals surface area contributed by atoms with E-state index in [-0.39, 0.29) is 17.6 Å². The summed E-state index contributed by atoms with van der Waals surface area (Å²) in [5, 5.41) is 9.63. The lowest BCUT2D eigenvalue weighted by molar-refractivity contribution is -0.139. The van der Waals surface area contributed by atoms with Crippen LogP contribution in [0.2, 0.25) is 0 Å². The van der Waals surface area contributed by atoms with Crippen molar-refractivity contribution in [3.05, 3.63) is 0 Å². The number of carbonyl (C=O) groups excluding carboxylic acids is 1. The maximum Gasteiger partial charge on any atom is 0.225 e. The van der Waals surface area contributed by atoms with Crippen LogP contribution in [0.5, 0.6) is 0 Å². The number of hydrogen-bond donors (Lipinski definition) is 1.